The average molecular weight is 269 g/mol. The third-order valence-electron chi connectivity index (χ3n) is 2.98. The number of thiazole rings is 1. The second-order valence-electron chi connectivity index (χ2n) is 5.82. The molecule has 0 radical (unpaired) electrons. The van der Waals surface area contributed by atoms with E-state index in [4.69, 9.17) is 10.5 Å². The molecular weight excluding hydrogens is 246 g/mol. The molecule has 2 N–H and O–H groups in total. The predicted octanol–water partition coefficient (Wildman–Crippen LogP) is 2.16. The molecule has 2 atom stereocenters. The van der Waals surface area contributed by atoms with Crippen molar-refractivity contribution < 1.29 is 4.74 Å². The third-order valence-corrected chi connectivity index (χ3v) is 4.08. The summed E-state index contributed by atoms with van der Waals surface area (Å²) in [6.07, 6.45) is 0.278. The van der Waals surface area contributed by atoms with Gasteiger partial charge in [-0.05, 0) is 27.7 Å². The van der Waals surface area contributed by atoms with E-state index in [1.807, 2.05) is 6.92 Å². The second-order valence-corrected chi connectivity index (χ2v) is 6.71. The van der Waals surface area contributed by atoms with Crippen LogP contribution in [0.4, 0.5) is 0 Å². The van der Waals surface area contributed by atoms with E-state index >= 15 is 0 Å². The summed E-state index contributed by atoms with van der Waals surface area (Å²) in [7, 11) is 0. The highest BCUT2D eigenvalue weighted by atomic mass is 32.1. The first-order valence-electron chi connectivity index (χ1n) is 6.46. The van der Waals surface area contributed by atoms with Gasteiger partial charge in [-0.15, -0.1) is 11.3 Å². The summed E-state index contributed by atoms with van der Waals surface area (Å²) in [6, 6.07) is 0.0313. The van der Waals surface area contributed by atoms with Gasteiger partial charge in [-0.25, -0.2) is 4.98 Å². The smallest absolute Gasteiger partial charge is 0.109 e. The van der Waals surface area contributed by atoms with Crippen LogP contribution in [0.3, 0.4) is 0 Å². The Bertz CT molecular complexity index is 403. The Kier molecular flexibility index (Phi) is 4.06. The number of nitrogens with two attached hydrogens (primary N) is 1. The van der Waals surface area contributed by atoms with E-state index in [2.05, 4.69) is 36.0 Å². The molecule has 0 aliphatic carbocycles. The fourth-order valence-electron chi connectivity index (χ4n) is 2.54. The lowest BCUT2D eigenvalue weighted by Gasteiger charge is -2.41. The van der Waals surface area contributed by atoms with Gasteiger partial charge in [0, 0.05) is 25.0 Å². The number of nitrogens with zero attached hydrogens (tertiary/aromatic N) is 2. The van der Waals surface area contributed by atoms with Gasteiger partial charge in [-0.1, -0.05) is 0 Å². The standard InChI is InChI=1S/C13H23N3OS/c1-9-5-16(8-13(3,4)17-9)6-11-7-18-12(15-11)10(2)14/h7,9-10H,5-6,8,14H2,1-4H3. The topological polar surface area (TPSA) is 51.4 Å². The van der Waals surface area contributed by atoms with Gasteiger partial charge in [0.1, 0.15) is 5.01 Å². The molecule has 1 saturated heterocycles. The van der Waals surface area contributed by atoms with E-state index in [1.54, 1.807) is 11.3 Å². The van der Waals surface area contributed by atoms with Crippen molar-refractivity contribution in [2.24, 2.45) is 5.73 Å². The summed E-state index contributed by atoms with van der Waals surface area (Å²) in [5.74, 6) is 0. The first-order chi connectivity index (χ1) is 8.35. The molecule has 1 aliphatic rings. The molecule has 18 heavy (non-hydrogen) atoms. The Morgan fingerprint density at radius 2 is 2.39 bits per heavy atom. The lowest BCUT2D eigenvalue weighted by atomic mass is 10.1. The molecule has 1 fully saturated rings. The SMILES string of the molecule is CC1CN(Cc2csc(C(C)N)n2)CC(C)(C)O1. The minimum absolute atomic E-state index is 0.0313. The molecule has 5 heteroatoms. The normalized spacial score (nSPS) is 26.2. The molecule has 1 aromatic heterocycles. The molecule has 1 aromatic rings. The van der Waals surface area contributed by atoms with Gasteiger partial charge in [-0.3, -0.25) is 4.90 Å². The Morgan fingerprint density at radius 3 is 2.94 bits per heavy atom. The van der Waals surface area contributed by atoms with Crippen LogP contribution in [0, 0.1) is 0 Å². The highest BCUT2D eigenvalue weighted by Crippen LogP contribution is 2.23. The van der Waals surface area contributed by atoms with Crippen LogP contribution < -0.4 is 5.73 Å². The molecular formula is C13H23N3OS. The molecule has 4 nitrogen and oxygen atoms in total. The van der Waals surface area contributed by atoms with Crippen LogP contribution in [-0.2, 0) is 11.3 Å². The van der Waals surface area contributed by atoms with Crippen LogP contribution >= 0.6 is 11.3 Å². The zero-order valence-electron chi connectivity index (χ0n) is 11.6. The van der Waals surface area contributed by atoms with Crippen LogP contribution in [0.1, 0.15) is 44.4 Å². The summed E-state index contributed by atoms with van der Waals surface area (Å²) in [6.45, 7) is 11.2. The van der Waals surface area contributed by atoms with Crippen molar-refractivity contribution in [3.05, 3.63) is 16.1 Å². The molecule has 2 rings (SSSR count). The summed E-state index contributed by atoms with van der Waals surface area (Å²) >= 11 is 1.65. The van der Waals surface area contributed by atoms with Crippen molar-refractivity contribution in [2.75, 3.05) is 13.1 Å². The van der Waals surface area contributed by atoms with E-state index in [-0.39, 0.29) is 17.7 Å². The number of morpholine rings is 1. The third kappa shape index (κ3) is 3.51. The van der Waals surface area contributed by atoms with E-state index < -0.39 is 0 Å². The van der Waals surface area contributed by atoms with Gasteiger partial charge < -0.3 is 10.5 Å². The zero-order valence-corrected chi connectivity index (χ0v) is 12.5. The number of ether oxygens (including phenoxy) is 1. The molecule has 0 aromatic carbocycles. The van der Waals surface area contributed by atoms with E-state index in [1.165, 1.54) is 0 Å². The monoisotopic (exact) mass is 269 g/mol. The molecule has 102 valence electrons. The van der Waals surface area contributed by atoms with Crippen molar-refractivity contribution >= 4 is 11.3 Å². The quantitative estimate of drug-likeness (QED) is 0.913. The van der Waals surface area contributed by atoms with Gasteiger partial charge in [0.05, 0.1) is 23.4 Å². The molecule has 0 bridgehead atoms. The van der Waals surface area contributed by atoms with Crippen molar-refractivity contribution in [3.63, 3.8) is 0 Å². The number of hydrogen-bond acceptors (Lipinski definition) is 5. The maximum Gasteiger partial charge on any atom is 0.109 e. The maximum atomic E-state index is 5.91. The lowest BCUT2D eigenvalue weighted by Crippen LogP contribution is -2.51. The predicted molar refractivity (Wildman–Crippen MR) is 74.6 cm³/mol. The molecule has 0 saturated carbocycles. The highest BCUT2D eigenvalue weighted by molar-refractivity contribution is 7.09. The molecule has 2 heterocycles. The largest absolute Gasteiger partial charge is 0.370 e. The van der Waals surface area contributed by atoms with Crippen LogP contribution in [0.15, 0.2) is 5.38 Å². The molecule has 1 aliphatic heterocycles. The summed E-state index contributed by atoms with van der Waals surface area (Å²) in [4.78, 5) is 7.00. The van der Waals surface area contributed by atoms with E-state index in [0.717, 1.165) is 30.3 Å². The Balaban J connectivity index is 2.00. The minimum atomic E-state index is -0.0717. The molecule has 0 spiro atoms. The van der Waals surface area contributed by atoms with E-state index in [9.17, 15) is 0 Å². The molecule has 0 amide bonds. The van der Waals surface area contributed by atoms with Crippen molar-refractivity contribution in [2.45, 2.75) is 52.0 Å². The van der Waals surface area contributed by atoms with Gasteiger partial charge in [0.2, 0.25) is 0 Å². The Morgan fingerprint density at radius 1 is 1.67 bits per heavy atom. The lowest BCUT2D eigenvalue weighted by molar-refractivity contribution is -0.130. The van der Waals surface area contributed by atoms with Crippen LogP contribution in [-0.4, -0.2) is 34.7 Å². The zero-order chi connectivity index (χ0) is 13.3. The van der Waals surface area contributed by atoms with Gasteiger partial charge in [0.15, 0.2) is 0 Å². The number of hydrogen-bond donors (Lipinski definition) is 1. The molecule has 2 unspecified atom stereocenters. The number of rotatable bonds is 3. The highest BCUT2D eigenvalue weighted by Gasteiger charge is 2.31. The summed E-state index contributed by atoms with van der Waals surface area (Å²) in [5, 5.41) is 3.14. The van der Waals surface area contributed by atoms with Crippen molar-refractivity contribution in [1.82, 2.24) is 9.88 Å². The summed E-state index contributed by atoms with van der Waals surface area (Å²) in [5.41, 5.74) is 6.89. The van der Waals surface area contributed by atoms with Crippen molar-refractivity contribution in [3.8, 4) is 0 Å². The van der Waals surface area contributed by atoms with Crippen LogP contribution in [0.5, 0.6) is 0 Å². The fourth-order valence-corrected chi connectivity index (χ4v) is 3.31. The van der Waals surface area contributed by atoms with Gasteiger partial charge >= 0.3 is 0 Å². The first-order valence-corrected chi connectivity index (χ1v) is 7.34. The van der Waals surface area contributed by atoms with Crippen molar-refractivity contribution in [1.29, 1.82) is 0 Å². The number of aromatic nitrogens is 1. The Labute approximate surface area is 113 Å². The van der Waals surface area contributed by atoms with Crippen LogP contribution in [0.25, 0.3) is 0 Å². The maximum absolute atomic E-state index is 5.91. The second kappa shape index (κ2) is 5.25. The van der Waals surface area contributed by atoms with Gasteiger partial charge in [0.25, 0.3) is 0 Å². The average Bonchev–Trinajstić information content (AvgIpc) is 2.62. The first kappa shape index (κ1) is 13.9. The Hall–Kier alpha value is -0.490. The minimum Gasteiger partial charge on any atom is -0.370 e. The fraction of sp³-hybridized carbons (Fsp3) is 0.769. The van der Waals surface area contributed by atoms with E-state index in [0.29, 0.717) is 0 Å². The van der Waals surface area contributed by atoms with Gasteiger partial charge in [-0.2, -0.15) is 0 Å². The summed E-state index contributed by atoms with van der Waals surface area (Å²) < 4.78 is 5.91. The van der Waals surface area contributed by atoms with Crippen LogP contribution in [0.2, 0.25) is 0 Å².